The first-order chi connectivity index (χ1) is 11.7. The molecule has 1 amide bonds. The van der Waals surface area contributed by atoms with Crippen LogP contribution in [0.25, 0.3) is 0 Å². The first-order valence-corrected chi connectivity index (χ1v) is 10.0. The molecule has 1 aromatic rings. The molecule has 134 valence electrons. The molecule has 0 saturated heterocycles. The van der Waals surface area contributed by atoms with Crippen LogP contribution in [0.4, 0.5) is 5.69 Å². The number of esters is 1. The molecular formula is C17H25NO4S2. The molecule has 0 spiro atoms. The van der Waals surface area contributed by atoms with Crippen LogP contribution in [0.15, 0.2) is 29.2 Å². The van der Waals surface area contributed by atoms with Crippen LogP contribution in [0.1, 0.15) is 32.6 Å². The molecule has 24 heavy (non-hydrogen) atoms. The number of benzene rings is 1. The summed E-state index contributed by atoms with van der Waals surface area (Å²) in [5, 5.41) is 0. The quantitative estimate of drug-likeness (QED) is 0.185. The first-order valence-electron chi connectivity index (χ1n) is 8.08. The molecule has 0 saturated carbocycles. The second kappa shape index (κ2) is 13.1. The Morgan fingerprint density at radius 2 is 2.04 bits per heavy atom. The highest BCUT2D eigenvalue weighted by atomic mass is 32.2. The first kappa shape index (κ1) is 20.9. The third-order valence-electron chi connectivity index (χ3n) is 3.31. The number of ether oxygens (including phenoxy) is 1. The molecule has 0 fully saturated rings. The lowest BCUT2D eigenvalue weighted by atomic mass is 10.2. The van der Waals surface area contributed by atoms with Crippen LogP contribution in [-0.2, 0) is 14.3 Å². The summed E-state index contributed by atoms with van der Waals surface area (Å²) in [4.78, 5) is 25.6. The van der Waals surface area contributed by atoms with Crippen molar-refractivity contribution >= 4 is 41.9 Å². The monoisotopic (exact) mass is 371 g/mol. The van der Waals surface area contributed by atoms with E-state index in [-0.39, 0.29) is 5.97 Å². The lowest BCUT2D eigenvalue weighted by Gasteiger charge is -2.20. The van der Waals surface area contributed by atoms with E-state index in [9.17, 15) is 9.59 Å². The standard InChI is InChI=1S/C17H25NO4S2/c1-2-22-17(20)10-13-23-16-9-5-4-8-15(16)18(14-19)11-6-3-7-12-24-21/h4-5,8-9,14,21H,2-3,6-7,10-13H2,1H3. The zero-order chi connectivity index (χ0) is 17.6. The van der Waals surface area contributed by atoms with Crippen molar-refractivity contribution in [2.24, 2.45) is 0 Å². The van der Waals surface area contributed by atoms with E-state index >= 15 is 0 Å². The average molecular weight is 372 g/mol. The predicted molar refractivity (Wildman–Crippen MR) is 101 cm³/mol. The van der Waals surface area contributed by atoms with Gasteiger partial charge in [-0.1, -0.05) is 18.6 Å². The number of anilines is 1. The molecule has 0 heterocycles. The van der Waals surface area contributed by atoms with Gasteiger partial charge in [-0.05, 0) is 43.9 Å². The number of para-hydroxylation sites is 1. The minimum Gasteiger partial charge on any atom is -0.466 e. The van der Waals surface area contributed by atoms with E-state index in [2.05, 4.69) is 0 Å². The van der Waals surface area contributed by atoms with E-state index < -0.39 is 0 Å². The summed E-state index contributed by atoms with van der Waals surface area (Å²) in [6.45, 7) is 2.84. The molecule has 0 aliphatic carbocycles. The number of hydrogen-bond donors (Lipinski definition) is 1. The number of rotatable bonds is 13. The fraction of sp³-hybridized carbons (Fsp3) is 0.529. The van der Waals surface area contributed by atoms with E-state index in [4.69, 9.17) is 9.29 Å². The Balaban J connectivity index is 2.55. The molecule has 0 radical (unpaired) electrons. The summed E-state index contributed by atoms with van der Waals surface area (Å²) >= 11 is 2.41. The molecular weight excluding hydrogens is 346 g/mol. The van der Waals surface area contributed by atoms with Gasteiger partial charge in [0.25, 0.3) is 0 Å². The van der Waals surface area contributed by atoms with Gasteiger partial charge < -0.3 is 14.2 Å². The van der Waals surface area contributed by atoms with Crippen LogP contribution >= 0.6 is 23.8 Å². The van der Waals surface area contributed by atoms with Gasteiger partial charge >= 0.3 is 5.97 Å². The molecule has 0 aromatic heterocycles. The number of amides is 1. The Bertz CT molecular complexity index is 499. The fourth-order valence-electron chi connectivity index (χ4n) is 2.15. The number of hydrogen-bond acceptors (Lipinski definition) is 6. The minimum atomic E-state index is -0.198. The Kier molecular flexibility index (Phi) is 11.4. The second-order valence-corrected chi connectivity index (χ2v) is 6.87. The maximum atomic E-state index is 11.4. The summed E-state index contributed by atoms with van der Waals surface area (Å²) in [6.07, 6.45) is 4.00. The maximum Gasteiger partial charge on any atom is 0.306 e. The Hall–Kier alpha value is -1.18. The number of thioether (sulfide) groups is 1. The molecule has 7 heteroatoms. The average Bonchev–Trinajstić information content (AvgIpc) is 2.59. The van der Waals surface area contributed by atoms with Gasteiger partial charge in [0, 0.05) is 22.9 Å². The smallest absolute Gasteiger partial charge is 0.306 e. The van der Waals surface area contributed by atoms with Gasteiger partial charge in [0.2, 0.25) is 6.41 Å². The lowest BCUT2D eigenvalue weighted by molar-refractivity contribution is -0.142. The molecule has 0 aliphatic rings. The zero-order valence-electron chi connectivity index (χ0n) is 14.0. The molecule has 1 N–H and O–H groups in total. The Labute approximate surface area is 152 Å². The lowest BCUT2D eigenvalue weighted by Crippen LogP contribution is -2.23. The maximum absolute atomic E-state index is 11.4. The van der Waals surface area contributed by atoms with E-state index in [0.29, 0.717) is 25.3 Å². The largest absolute Gasteiger partial charge is 0.466 e. The van der Waals surface area contributed by atoms with Crippen molar-refractivity contribution in [3.05, 3.63) is 24.3 Å². The zero-order valence-corrected chi connectivity index (χ0v) is 15.6. The van der Waals surface area contributed by atoms with Gasteiger partial charge in [-0.3, -0.25) is 9.59 Å². The third kappa shape index (κ3) is 8.08. The predicted octanol–water partition coefficient (Wildman–Crippen LogP) is 4.07. The third-order valence-corrected chi connectivity index (χ3v) is 4.84. The molecule has 0 unspecified atom stereocenters. The van der Waals surface area contributed by atoms with Crippen molar-refractivity contribution in [1.82, 2.24) is 0 Å². The summed E-state index contributed by atoms with van der Waals surface area (Å²) in [7, 11) is 0. The normalized spacial score (nSPS) is 10.4. The number of carbonyl (C=O) groups is 2. The van der Waals surface area contributed by atoms with E-state index in [1.54, 1.807) is 23.6 Å². The highest BCUT2D eigenvalue weighted by Gasteiger charge is 2.11. The number of nitrogens with zero attached hydrogens (tertiary/aromatic N) is 1. The molecule has 0 aliphatic heterocycles. The van der Waals surface area contributed by atoms with Gasteiger partial charge in [0.05, 0.1) is 18.7 Å². The van der Waals surface area contributed by atoms with Crippen molar-refractivity contribution in [1.29, 1.82) is 0 Å². The van der Waals surface area contributed by atoms with Gasteiger partial charge in [0.15, 0.2) is 0 Å². The minimum absolute atomic E-state index is 0.198. The molecule has 0 atom stereocenters. The van der Waals surface area contributed by atoms with Gasteiger partial charge in [-0.2, -0.15) is 0 Å². The summed E-state index contributed by atoms with van der Waals surface area (Å²) in [6, 6.07) is 7.72. The number of unbranched alkanes of at least 4 members (excludes halogenated alkanes) is 2. The van der Waals surface area contributed by atoms with Crippen molar-refractivity contribution in [3.63, 3.8) is 0 Å². The summed E-state index contributed by atoms with van der Waals surface area (Å²) in [5.41, 5.74) is 0.873. The Morgan fingerprint density at radius 3 is 2.75 bits per heavy atom. The second-order valence-electron chi connectivity index (χ2n) is 5.06. The summed E-state index contributed by atoms with van der Waals surface area (Å²) < 4.78 is 13.6. The summed E-state index contributed by atoms with van der Waals surface area (Å²) in [5.74, 6) is 1.15. The Morgan fingerprint density at radius 1 is 1.25 bits per heavy atom. The van der Waals surface area contributed by atoms with Crippen LogP contribution in [0.2, 0.25) is 0 Å². The van der Waals surface area contributed by atoms with Crippen molar-refractivity contribution in [3.8, 4) is 0 Å². The topological polar surface area (TPSA) is 66.8 Å². The highest BCUT2D eigenvalue weighted by Crippen LogP contribution is 2.30. The molecule has 0 bridgehead atoms. The van der Waals surface area contributed by atoms with E-state index in [0.717, 1.165) is 54.1 Å². The highest BCUT2D eigenvalue weighted by molar-refractivity contribution is 7.99. The van der Waals surface area contributed by atoms with Crippen LogP contribution in [-0.4, -0.2) is 41.6 Å². The van der Waals surface area contributed by atoms with Gasteiger partial charge in [0.1, 0.15) is 0 Å². The molecule has 1 rings (SSSR count). The van der Waals surface area contributed by atoms with Crippen LogP contribution in [0, 0.1) is 0 Å². The number of carbonyl (C=O) groups excluding carboxylic acids is 2. The van der Waals surface area contributed by atoms with Gasteiger partial charge in [-0.15, -0.1) is 11.8 Å². The van der Waals surface area contributed by atoms with Crippen molar-refractivity contribution < 1.29 is 18.9 Å². The fourth-order valence-corrected chi connectivity index (χ4v) is 3.48. The van der Waals surface area contributed by atoms with E-state index in [1.807, 2.05) is 24.3 Å². The van der Waals surface area contributed by atoms with Gasteiger partial charge in [-0.25, -0.2) is 0 Å². The van der Waals surface area contributed by atoms with Crippen LogP contribution in [0.3, 0.4) is 0 Å². The molecule has 5 nitrogen and oxygen atoms in total. The van der Waals surface area contributed by atoms with Crippen molar-refractivity contribution in [2.75, 3.05) is 29.6 Å². The van der Waals surface area contributed by atoms with Crippen molar-refractivity contribution in [2.45, 2.75) is 37.5 Å². The van der Waals surface area contributed by atoms with E-state index in [1.165, 1.54) is 0 Å². The van der Waals surface area contributed by atoms with Crippen LogP contribution in [0.5, 0.6) is 0 Å². The molecule has 1 aromatic carbocycles. The van der Waals surface area contributed by atoms with Crippen LogP contribution < -0.4 is 4.90 Å². The SMILES string of the molecule is CCOC(=O)CCSc1ccccc1N(C=O)CCCCCSO.